The molecule has 0 aliphatic rings. The van der Waals surface area contributed by atoms with E-state index in [1.54, 1.807) is 0 Å². The van der Waals surface area contributed by atoms with Gasteiger partial charge in [-0.25, -0.2) is 22.9 Å². The maximum Gasteiger partial charge on any atom is 0.357 e. The summed E-state index contributed by atoms with van der Waals surface area (Å²) < 4.78 is 37.4. The van der Waals surface area contributed by atoms with Crippen molar-refractivity contribution in [1.29, 1.82) is 5.26 Å². The Morgan fingerprint density at radius 3 is 2.60 bits per heavy atom. The second kappa shape index (κ2) is 3.96. The molecule has 0 unspecified atom stereocenters. The zero-order valence-electron chi connectivity index (χ0n) is 7.04. The average Bonchev–Trinajstić information content (AvgIpc) is 2.17. The van der Waals surface area contributed by atoms with Crippen LogP contribution in [0.25, 0.3) is 0 Å². The van der Waals surface area contributed by atoms with E-state index in [0.29, 0.717) is 6.07 Å². The SMILES string of the molecule is N#Cc1cc(C(F)F)nc(C(=O)O)c1F. The van der Waals surface area contributed by atoms with Crippen LogP contribution < -0.4 is 0 Å². The van der Waals surface area contributed by atoms with Crippen LogP contribution in [0.1, 0.15) is 28.2 Å². The summed E-state index contributed by atoms with van der Waals surface area (Å²) in [5.41, 5.74) is -2.88. The highest BCUT2D eigenvalue weighted by atomic mass is 19.3. The van der Waals surface area contributed by atoms with Crippen molar-refractivity contribution in [3.05, 3.63) is 28.8 Å². The molecule has 0 aromatic carbocycles. The molecule has 0 aliphatic carbocycles. The van der Waals surface area contributed by atoms with E-state index < -0.39 is 35.2 Å². The number of aromatic nitrogens is 1. The predicted molar refractivity (Wildman–Crippen MR) is 40.8 cm³/mol. The lowest BCUT2D eigenvalue weighted by molar-refractivity contribution is 0.0682. The standard InChI is InChI=1S/C8H3F3N2O2/c9-5-3(2-12)1-4(7(10)11)13-6(5)8(14)15/h1,7H,(H,14,15). The number of carbonyl (C=O) groups is 1. The number of alkyl halides is 2. The first-order valence-corrected chi connectivity index (χ1v) is 3.59. The van der Waals surface area contributed by atoms with Crippen LogP contribution in [0.2, 0.25) is 0 Å². The number of carboxylic acids is 1. The van der Waals surface area contributed by atoms with Gasteiger partial charge in [0.1, 0.15) is 11.8 Å². The quantitative estimate of drug-likeness (QED) is 0.816. The van der Waals surface area contributed by atoms with Gasteiger partial charge in [-0.3, -0.25) is 0 Å². The lowest BCUT2D eigenvalue weighted by Crippen LogP contribution is -2.09. The van der Waals surface area contributed by atoms with E-state index in [1.165, 1.54) is 6.07 Å². The Kier molecular flexibility index (Phi) is 2.90. The summed E-state index contributed by atoms with van der Waals surface area (Å²) in [5.74, 6) is -3.21. The number of hydrogen-bond donors (Lipinski definition) is 1. The first-order chi connectivity index (χ1) is 6.97. The van der Waals surface area contributed by atoms with E-state index in [9.17, 15) is 18.0 Å². The van der Waals surface area contributed by atoms with Crippen LogP contribution in [0.3, 0.4) is 0 Å². The fourth-order valence-electron chi connectivity index (χ4n) is 0.884. The molecule has 7 heteroatoms. The molecule has 1 heterocycles. The number of halogens is 3. The van der Waals surface area contributed by atoms with Gasteiger partial charge in [0.25, 0.3) is 6.43 Å². The number of carboxylic acid groups (broad SMARTS) is 1. The number of pyridine rings is 1. The summed E-state index contributed by atoms with van der Waals surface area (Å²) in [5, 5.41) is 16.8. The summed E-state index contributed by atoms with van der Waals surface area (Å²) in [6, 6.07) is 1.79. The lowest BCUT2D eigenvalue weighted by atomic mass is 10.2. The lowest BCUT2D eigenvalue weighted by Gasteiger charge is -2.03. The molecule has 4 nitrogen and oxygen atoms in total. The van der Waals surface area contributed by atoms with Crippen LogP contribution in [-0.2, 0) is 0 Å². The molecular formula is C8H3F3N2O2. The highest BCUT2D eigenvalue weighted by Crippen LogP contribution is 2.20. The Balaban J connectivity index is 3.47. The van der Waals surface area contributed by atoms with E-state index in [0.717, 1.165) is 0 Å². The minimum absolute atomic E-state index is 0.520. The molecule has 78 valence electrons. The molecule has 15 heavy (non-hydrogen) atoms. The summed E-state index contributed by atoms with van der Waals surface area (Å²) in [6.07, 6.45) is -3.06. The molecular weight excluding hydrogens is 213 g/mol. The van der Waals surface area contributed by atoms with E-state index in [2.05, 4.69) is 4.98 Å². The Labute approximate surface area is 81.6 Å². The van der Waals surface area contributed by atoms with E-state index in [4.69, 9.17) is 10.4 Å². The van der Waals surface area contributed by atoms with E-state index in [-0.39, 0.29) is 0 Å². The maximum atomic E-state index is 13.1. The molecule has 0 atom stereocenters. The van der Waals surface area contributed by atoms with Crippen molar-refractivity contribution >= 4 is 5.97 Å². The van der Waals surface area contributed by atoms with Crippen LogP contribution >= 0.6 is 0 Å². The van der Waals surface area contributed by atoms with Gasteiger partial charge in [-0.1, -0.05) is 0 Å². The van der Waals surface area contributed by atoms with Crippen LogP contribution in [-0.4, -0.2) is 16.1 Å². The van der Waals surface area contributed by atoms with Gasteiger partial charge in [0, 0.05) is 0 Å². The smallest absolute Gasteiger partial charge is 0.357 e. The molecule has 0 fully saturated rings. The Morgan fingerprint density at radius 2 is 2.20 bits per heavy atom. The highest BCUT2D eigenvalue weighted by molar-refractivity contribution is 5.86. The molecule has 0 spiro atoms. The Morgan fingerprint density at radius 1 is 1.60 bits per heavy atom. The maximum absolute atomic E-state index is 13.1. The molecule has 1 N–H and O–H groups in total. The normalized spacial score (nSPS) is 10.1. The minimum atomic E-state index is -3.06. The molecule has 0 bridgehead atoms. The van der Waals surface area contributed by atoms with Gasteiger partial charge in [-0.2, -0.15) is 5.26 Å². The molecule has 0 saturated heterocycles. The largest absolute Gasteiger partial charge is 0.476 e. The molecule has 1 aromatic heterocycles. The van der Waals surface area contributed by atoms with Crippen LogP contribution in [0.15, 0.2) is 6.07 Å². The number of nitrogens with zero attached hydrogens (tertiary/aromatic N) is 2. The Hall–Kier alpha value is -2.10. The van der Waals surface area contributed by atoms with Gasteiger partial charge in [0.15, 0.2) is 11.5 Å². The zero-order chi connectivity index (χ0) is 11.6. The van der Waals surface area contributed by atoms with Crippen molar-refractivity contribution in [2.24, 2.45) is 0 Å². The van der Waals surface area contributed by atoms with Gasteiger partial charge in [0.05, 0.1) is 5.56 Å². The van der Waals surface area contributed by atoms with Crippen molar-refractivity contribution in [3.63, 3.8) is 0 Å². The van der Waals surface area contributed by atoms with Crippen molar-refractivity contribution in [2.75, 3.05) is 0 Å². The van der Waals surface area contributed by atoms with Crippen molar-refractivity contribution in [3.8, 4) is 6.07 Å². The van der Waals surface area contributed by atoms with Crippen LogP contribution in [0, 0.1) is 17.1 Å². The van der Waals surface area contributed by atoms with Gasteiger partial charge in [-0.05, 0) is 6.07 Å². The fraction of sp³-hybridized carbons (Fsp3) is 0.125. The second-order valence-corrected chi connectivity index (χ2v) is 2.47. The average molecular weight is 216 g/mol. The molecule has 1 aromatic rings. The van der Waals surface area contributed by atoms with E-state index in [1.807, 2.05) is 0 Å². The van der Waals surface area contributed by atoms with Crippen molar-refractivity contribution < 1.29 is 23.1 Å². The summed E-state index contributed by atoms with van der Waals surface area (Å²) in [4.78, 5) is 13.3. The van der Waals surface area contributed by atoms with Crippen molar-refractivity contribution in [1.82, 2.24) is 4.98 Å². The monoisotopic (exact) mass is 216 g/mol. The molecule has 0 saturated carbocycles. The van der Waals surface area contributed by atoms with Crippen molar-refractivity contribution in [2.45, 2.75) is 6.43 Å². The number of aromatic carboxylic acids is 1. The first-order valence-electron chi connectivity index (χ1n) is 3.59. The van der Waals surface area contributed by atoms with Crippen LogP contribution in [0.4, 0.5) is 13.2 Å². The topological polar surface area (TPSA) is 74.0 Å². The molecule has 1 rings (SSSR count). The third-order valence-corrected chi connectivity index (χ3v) is 1.52. The fourth-order valence-corrected chi connectivity index (χ4v) is 0.884. The van der Waals surface area contributed by atoms with Gasteiger partial charge < -0.3 is 5.11 Å². The van der Waals surface area contributed by atoms with Gasteiger partial charge in [-0.15, -0.1) is 0 Å². The minimum Gasteiger partial charge on any atom is -0.476 e. The number of nitriles is 1. The molecule has 0 radical (unpaired) electrons. The number of hydrogen-bond acceptors (Lipinski definition) is 3. The van der Waals surface area contributed by atoms with Crippen LogP contribution in [0.5, 0.6) is 0 Å². The molecule has 0 amide bonds. The summed E-state index contributed by atoms with van der Waals surface area (Å²) in [7, 11) is 0. The van der Waals surface area contributed by atoms with E-state index >= 15 is 0 Å². The second-order valence-electron chi connectivity index (χ2n) is 2.47. The van der Waals surface area contributed by atoms with Gasteiger partial charge >= 0.3 is 5.97 Å². The highest BCUT2D eigenvalue weighted by Gasteiger charge is 2.21. The van der Waals surface area contributed by atoms with Gasteiger partial charge in [0.2, 0.25) is 0 Å². The third kappa shape index (κ3) is 2.04. The molecule has 0 aliphatic heterocycles. The predicted octanol–water partition coefficient (Wildman–Crippen LogP) is 1.73. The number of rotatable bonds is 2. The summed E-state index contributed by atoms with van der Waals surface area (Å²) in [6.45, 7) is 0. The first kappa shape index (κ1) is 11.0. The summed E-state index contributed by atoms with van der Waals surface area (Å²) >= 11 is 0. The Bertz CT molecular complexity index is 454. The third-order valence-electron chi connectivity index (χ3n) is 1.52. The zero-order valence-corrected chi connectivity index (χ0v) is 7.04.